The molecule has 3 nitrogen and oxygen atoms in total. The molecule has 0 amide bonds. The van der Waals surface area contributed by atoms with E-state index in [2.05, 4.69) is 0 Å². The summed E-state index contributed by atoms with van der Waals surface area (Å²) >= 11 is 0. The van der Waals surface area contributed by atoms with Crippen LogP contribution < -0.4 is 0 Å². The van der Waals surface area contributed by atoms with Crippen molar-refractivity contribution in [1.29, 1.82) is 0 Å². The van der Waals surface area contributed by atoms with Crippen LogP contribution in [0.4, 0.5) is 0 Å². The second-order valence-corrected chi connectivity index (χ2v) is 0.0816. The van der Waals surface area contributed by atoms with E-state index < -0.39 is 0 Å². The monoisotopic (exact) mass is 221 g/mol. The Kier molecular flexibility index (Phi) is 20.1. The van der Waals surface area contributed by atoms with Crippen LogP contribution in [0.3, 0.4) is 0 Å². The summed E-state index contributed by atoms with van der Waals surface area (Å²) in [5.74, 6) is 0. The van der Waals surface area contributed by atoms with E-state index in [4.69, 9.17) is 10.1 Å². The van der Waals surface area contributed by atoms with Gasteiger partial charge in [0.05, 0.1) is 0 Å². The van der Waals surface area contributed by atoms with Crippen molar-refractivity contribution in [3.05, 3.63) is 4.91 Å². The maximum Gasteiger partial charge on any atom is 0.152 e. The maximum absolute atomic E-state index is 8.11. The molecular formula is HNO2Yb. The average Bonchev–Trinajstić information content (AvgIpc) is 0.918. The van der Waals surface area contributed by atoms with Crippen molar-refractivity contribution in [3.63, 3.8) is 0 Å². The van der Waals surface area contributed by atoms with Gasteiger partial charge in [0.1, 0.15) is 0 Å². The van der Waals surface area contributed by atoms with Crippen LogP contribution in [0.1, 0.15) is 0 Å². The van der Waals surface area contributed by atoms with Crippen LogP contribution in [-0.4, -0.2) is 5.21 Å². The first-order valence-corrected chi connectivity index (χ1v) is 0.383. The summed E-state index contributed by atoms with van der Waals surface area (Å²) in [5, 5.41) is 7.89. The molecule has 0 aromatic rings. The minimum absolute atomic E-state index is 0. The topological polar surface area (TPSA) is 49.7 Å². The van der Waals surface area contributed by atoms with E-state index in [1.165, 1.54) is 5.34 Å². The Morgan fingerprint density at radius 1 is 1.75 bits per heavy atom. The number of nitrogens with zero attached hydrogens (tertiary/aromatic N) is 1. The van der Waals surface area contributed by atoms with Gasteiger partial charge in [0.25, 0.3) is 0 Å². The zero-order valence-electron chi connectivity index (χ0n) is 1.57. The van der Waals surface area contributed by atoms with Crippen LogP contribution >= 0.6 is 0 Å². The van der Waals surface area contributed by atoms with Crippen molar-refractivity contribution >= 4 is 0 Å². The molecule has 32 valence electrons. The summed E-state index contributed by atoms with van der Waals surface area (Å²) < 4.78 is 0. The van der Waals surface area contributed by atoms with Crippen LogP contribution in [-0.2, 0) is 0 Å². The van der Waals surface area contributed by atoms with Gasteiger partial charge in [-0.25, -0.2) is 0 Å². The molecule has 0 unspecified atom stereocenters. The van der Waals surface area contributed by atoms with Crippen LogP contribution in [0.25, 0.3) is 0 Å². The molecule has 0 aliphatic heterocycles. The van der Waals surface area contributed by atoms with Crippen LogP contribution in [0.15, 0.2) is 5.34 Å². The Morgan fingerprint density at radius 2 is 1.75 bits per heavy atom. The molecular weight excluding hydrogens is 219 g/mol. The van der Waals surface area contributed by atoms with Crippen molar-refractivity contribution in [2.45, 2.75) is 0 Å². The van der Waals surface area contributed by atoms with E-state index >= 15 is 0 Å². The van der Waals surface area contributed by atoms with Gasteiger partial charge in [0.2, 0.25) is 0 Å². The molecule has 1 N–H and O–H groups in total. The summed E-state index contributed by atoms with van der Waals surface area (Å²) in [7, 11) is 0. The van der Waals surface area contributed by atoms with Gasteiger partial charge < -0.3 is 5.21 Å². The van der Waals surface area contributed by atoms with Gasteiger partial charge in [-0.3, -0.25) is 0 Å². The third kappa shape index (κ3) is 12.7. The number of rotatable bonds is 0. The summed E-state index contributed by atoms with van der Waals surface area (Å²) in [6.45, 7) is 0. The summed E-state index contributed by atoms with van der Waals surface area (Å²) in [6.07, 6.45) is 0. The molecule has 0 radical (unpaired) electrons. The molecule has 0 aliphatic carbocycles. The van der Waals surface area contributed by atoms with Crippen molar-refractivity contribution in [1.82, 2.24) is 0 Å². The Bertz CT molecular complexity index is 13.5. The molecule has 0 fully saturated rings. The average molecular weight is 220 g/mol. The normalized spacial score (nSPS) is 3.00. The van der Waals surface area contributed by atoms with E-state index in [9.17, 15) is 0 Å². The fourth-order valence-corrected chi connectivity index (χ4v) is 0. The van der Waals surface area contributed by atoms with Crippen LogP contribution in [0, 0.1) is 51.8 Å². The summed E-state index contributed by atoms with van der Waals surface area (Å²) in [5.41, 5.74) is 0. The van der Waals surface area contributed by atoms with E-state index in [0.29, 0.717) is 0 Å². The van der Waals surface area contributed by atoms with Crippen molar-refractivity contribution in [2.75, 3.05) is 0 Å². The second kappa shape index (κ2) is 9.07. The maximum atomic E-state index is 8.11. The molecule has 0 saturated heterocycles. The zero-order valence-corrected chi connectivity index (χ0v) is 3.28. The smallest absolute Gasteiger partial charge is 0.152 e. The van der Waals surface area contributed by atoms with Crippen LogP contribution in [0.5, 0.6) is 0 Å². The van der Waals surface area contributed by atoms with Crippen LogP contribution in [0.2, 0.25) is 0 Å². The molecule has 0 heterocycles. The first kappa shape index (κ1) is 8.87. The zero-order chi connectivity index (χ0) is 2.71. The van der Waals surface area contributed by atoms with Gasteiger partial charge in [-0.2, -0.15) is 0 Å². The van der Waals surface area contributed by atoms with E-state index in [1.54, 1.807) is 0 Å². The van der Waals surface area contributed by atoms with E-state index in [-0.39, 0.29) is 46.9 Å². The molecule has 0 saturated carbocycles. The molecule has 4 heavy (non-hydrogen) atoms. The van der Waals surface area contributed by atoms with Gasteiger partial charge in [-0.05, 0) is 0 Å². The molecule has 0 atom stereocenters. The van der Waals surface area contributed by atoms with Gasteiger partial charge in [-0.1, -0.05) is 0 Å². The molecule has 0 rings (SSSR count). The van der Waals surface area contributed by atoms with Crippen molar-refractivity contribution < 1.29 is 52.1 Å². The molecule has 0 aliphatic rings. The fraction of sp³-hybridized carbons (Fsp3) is 0. The van der Waals surface area contributed by atoms with E-state index in [0.717, 1.165) is 0 Å². The number of hydrogen-bond acceptors (Lipinski definition) is 2. The van der Waals surface area contributed by atoms with Gasteiger partial charge in [0, 0.05) is 46.9 Å². The Labute approximate surface area is 61.6 Å². The molecule has 0 aromatic carbocycles. The SMILES string of the molecule is O=NO.[Yb]. The third-order valence-corrected chi connectivity index (χ3v) is 0. The van der Waals surface area contributed by atoms with Gasteiger partial charge in [-0.15, -0.1) is 4.91 Å². The predicted molar refractivity (Wildman–Crippen MR) is 7.58 cm³/mol. The predicted octanol–water partition coefficient (Wildman–Crippen LogP) is 0.142. The Hall–Kier alpha value is 0.919. The summed E-state index contributed by atoms with van der Waals surface area (Å²) in [6, 6.07) is 0. The van der Waals surface area contributed by atoms with Gasteiger partial charge in [0.15, 0.2) is 5.34 Å². The van der Waals surface area contributed by atoms with Gasteiger partial charge >= 0.3 is 0 Å². The van der Waals surface area contributed by atoms with E-state index in [1.807, 2.05) is 0 Å². The second-order valence-electron chi connectivity index (χ2n) is 0.0816. The summed E-state index contributed by atoms with van der Waals surface area (Å²) in [4.78, 5) is 8.11. The number of hydrogen-bond donors (Lipinski definition) is 1. The molecule has 4 heteroatoms. The standard InChI is InChI=1S/HNO2.Yb/c2-1-3;/h(H,2,3);. The molecule has 0 aromatic heterocycles. The molecule has 0 bridgehead atoms. The Balaban J connectivity index is 0. The van der Waals surface area contributed by atoms with Crippen molar-refractivity contribution in [3.8, 4) is 0 Å². The third-order valence-electron chi connectivity index (χ3n) is 0. The first-order chi connectivity index (χ1) is 1.41. The minimum atomic E-state index is 0. The fourth-order valence-electron chi connectivity index (χ4n) is 0. The molecule has 0 spiro atoms. The largest absolute Gasteiger partial charge is 0.379 e. The first-order valence-electron chi connectivity index (χ1n) is 0.383. The van der Waals surface area contributed by atoms with Crippen molar-refractivity contribution in [2.24, 2.45) is 5.34 Å². The minimum Gasteiger partial charge on any atom is -0.379 e. The quantitative estimate of drug-likeness (QED) is 0.466. The Morgan fingerprint density at radius 3 is 1.75 bits per heavy atom.